The Kier molecular flexibility index (Phi) is 7.82. The van der Waals surface area contributed by atoms with Gasteiger partial charge in [-0.2, -0.15) is 0 Å². The van der Waals surface area contributed by atoms with Crippen LogP contribution in [0.1, 0.15) is 44.6 Å². The highest BCUT2D eigenvalue weighted by atomic mass is 35.5. The highest BCUT2D eigenvalue weighted by Crippen LogP contribution is 2.44. The quantitative estimate of drug-likeness (QED) is 0.498. The fraction of sp³-hybridized carbons (Fsp3) is 0.435. The number of nitrogens with one attached hydrogen (secondary N) is 1. The van der Waals surface area contributed by atoms with Crippen molar-refractivity contribution in [1.82, 2.24) is 0 Å². The van der Waals surface area contributed by atoms with Gasteiger partial charge in [0.2, 0.25) is 5.91 Å². The molecular formula is C23H27Cl2NO3. The van der Waals surface area contributed by atoms with Gasteiger partial charge in [0, 0.05) is 22.3 Å². The summed E-state index contributed by atoms with van der Waals surface area (Å²) in [4.78, 5) is 13.4. The van der Waals surface area contributed by atoms with E-state index in [2.05, 4.69) is 5.32 Å². The van der Waals surface area contributed by atoms with Gasteiger partial charge < -0.3 is 14.8 Å². The molecule has 0 saturated heterocycles. The van der Waals surface area contributed by atoms with Crippen molar-refractivity contribution in [3.8, 4) is 5.75 Å². The molecule has 0 aromatic heterocycles. The number of ether oxygens (including phenoxy) is 2. The second kappa shape index (κ2) is 10.3. The second-order valence-corrected chi connectivity index (χ2v) is 8.13. The van der Waals surface area contributed by atoms with Crippen molar-refractivity contribution in [2.45, 2.75) is 44.4 Å². The van der Waals surface area contributed by atoms with Crippen LogP contribution in [0.25, 0.3) is 0 Å². The maximum absolute atomic E-state index is 13.4. The number of halogens is 2. The molecule has 0 bridgehead atoms. The molecular weight excluding hydrogens is 409 g/mol. The van der Waals surface area contributed by atoms with Gasteiger partial charge in [-0.1, -0.05) is 48.5 Å². The van der Waals surface area contributed by atoms with E-state index in [-0.39, 0.29) is 5.91 Å². The Bertz CT molecular complexity index is 817. The Morgan fingerprint density at radius 2 is 1.76 bits per heavy atom. The Morgan fingerprint density at radius 3 is 2.41 bits per heavy atom. The summed E-state index contributed by atoms with van der Waals surface area (Å²) in [5, 5.41) is 4.21. The van der Waals surface area contributed by atoms with E-state index in [0.29, 0.717) is 29.9 Å². The number of amides is 1. The first kappa shape index (κ1) is 21.9. The molecule has 4 nitrogen and oxygen atoms in total. The van der Waals surface area contributed by atoms with Crippen LogP contribution in [0.3, 0.4) is 0 Å². The van der Waals surface area contributed by atoms with Gasteiger partial charge in [0.05, 0.1) is 12.0 Å². The molecule has 6 heteroatoms. The predicted octanol–water partition coefficient (Wildman–Crippen LogP) is 6.25. The van der Waals surface area contributed by atoms with Gasteiger partial charge in [0.25, 0.3) is 0 Å². The first-order valence-electron chi connectivity index (χ1n) is 10.1. The zero-order chi connectivity index (χ0) is 20.7. The number of carbonyl (C=O) groups is 1. The van der Waals surface area contributed by atoms with E-state index in [4.69, 9.17) is 32.7 Å². The van der Waals surface area contributed by atoms with Gasteiger partial charge in [-0.15, -0.1) is 0 Å². The first-order valence-corrected chi connectivity index (χ1v) is 10.9. The third kappa shape index (κ3) is 5.44. The number of benzene rings is 2. The van der Waals surface area contributed by atoms with Crippen molar-refractivity contribution in [2.75, 3.05) is 25.1 Å². The van der Waals surface area contributed by atoms with Crippen LogP contribution >= 0.6 is 23.2 Å². The third-order valence-corrected chi connectivity index (χ3v) is 5.95. The van der Waals surface area contributed by atoms with E-state index in [9.17, 15) is 4.79 Å². The molecule has 1 amide bonds. The van der Waals surface area contributed by atoms with Crippen molar-refractivity contribution >= 4 is 34.8 Å². The lowest BCUT2D eigenvalue weighted by molar-refractivity contribution is -0.122. The van der Waals surface area contributed by atoms with Crippen LogP contribution in [-0.2, 0) is 14.9 Å². The number of anilines is 1. The van der Waals surface area contributed by atoms with E-state index in [1.54, 1.807) is 12.1 Å². The van der Waals surface area contributed by atoms with Gasteiger partial charge in [-0.25, -0.2) is 0 Å². The molecule has 1 fully saturated rings. The minimum absolute atomic E-state index is 0.0218. The summed E-state index contributed by atoms with van der Waals surface area (Å²) in [7, 11) is 0. The largest absolute Gasteiger partial charge is 0.491 e. The van der Waals surface area contributed by atoms with Crippen LogP contribution in [0.5, 0.6) is 5.75 Å². The summed E-state index contributed by atoms with van der Waals surface area (Å²) in [5.74, 6) is 0.724. The highest BCUT2D eigenvalue weighted by molar-refractivity contribution is 6.35. The van der Waals surface area contributed by atoms with E-state index in [1.165, 1.54) is 0 Å². The van der Waals surface area contributed by atoms with Crippen molar-refractivity contribution in [2.24, 2.45) is 0 Å². The zero-order valence-corrected chi connectivity index (χ0v) is 18.2. The number of rotatable bonds is 8. The van der Waals surface area contributed by atoms with Crippen molar-refractivity contribution in [3.63, 3.8) is 0 Å². The highest BCUT2D eigenvalue weighted by Gasteiger charge is 2.42. The smallest absolute Gasteiger partial charge is 0.235 e. The van der Waals surface area contributed by atoms with Crippen LogP contribution in [0, 0.1) is 0 Å². The third-order valence-electron chi connectivity index (χ3n) is 5.40. The monoisotopic (exact) mass is 435 g/mol. The molecule has 29 heavy (non-hydrogen) atoms. The van der Waals surface area contributed by atoms with Crippen LogP contribution in [0.15, 0.2) is 42.5 Å². The SMILES string of the molecule is CCOCCOc1ccc(NC(=O)C2(c3ccc(Cl)cc3Cl)CCCCC2)cc1. The Labute approximate surface area is 182 Å². The molecule has 0 heterocycles. The molecule has 156 valence electrons. The lowest BCUT2D eigenvalue weighted by atomic mass is 9.68. The molecule has 0 spiro atoms. The van der Waals surface area contributed by atoms with Crippen LogP contribution in [0.2, 0.25) is 10.0 Å². The van der Waals surface area contributed by atoms with E-state index in [0.717, 1.165) is 49.1 Å². The van der Waals surface area contributed by atoms with E-state index in [1.807, 2.05) is 37.3 Å². The molecule has 1 saturated carbocycles. The number of hydrogen-bond acceptors (Lipinski definition) is 3. The standard InChI is InChI=1S/C23H27Cl2NO3/c1-2-28-14-15-29-19-9-7-18(8-10-19)26-22(27)23(12-4-3-5-13-23)20-11-6-17(24)16-21(20)25/h6-11,16H,2-5,12-15H2,1H3,(H,26,27). The Morgan fingerprint density at radius 1 is 1.03 bits per heavy atom. The summed E-state index contributed by atoms with van der Waals surface area (Å²) in [6.07, 6.45) is 4.68. The van der Waals surface area contributed by atoms with Gasteiger partial charge in [-0.05, 0) is 61.7 Å². The van der Waals surface area contributed by atoms with Crippen LogP contribution in [-0.4, -0.2) is 25.7 Å². The molecule has 0 unspecified atom stereocenters. The lowest BCUT2D eigenvalue weighted by Gasteiger charge is -2.37. The van der Waals surface area contributed by atoms with Crippen molar-refractivity contribution in [3.05, 3.63) is 58.1 Å². The van der Waals surface area contributed by atoms with Gasteiger partial charge >= 0.3 is 0 Å². The normalized spacial score (nSPS) is 15.7. The van der Waals surface area contributed by atoms with E-state index < -0.39 is 5.41 Å². The fourth-order valence-electron chi connectivity index (χ4n) is 3.90. The number of hydrogen-bond donors (Lipinski definition) is 1. The summed E-state index contributed by atoms with van der Waals surface area (Å²) in [6, 6.07) is 12.8. The first-order chi connectivity index (χ1) is 14.0. The maximum atomic E-state index is 13.4. The van der Waals surface area contributed by atoms with Gasteiger partial charge in [-0.3, -0.25) is 4.79 Å². The lowest BCUT2D eigenvalue weighted by Crippen LogP contribution is -2.42. The molecule has 1 aliphatic rings. The van der Waals surface area contributed by atoms with Crippen molar-refractivity contribution in [1.29, 1.82) is 0 Å². The summed E-state index contributed by atoms with van der Waals surface area (Å²) >= 11 is 12.6. The van der Waals surface area contributed by atoms with E-state index >= 15 is 0 Å². The molecule has 3 rings (SSSR count). The van der Waals surface area contributed by atoms with Gasteiger partial charge in [0.1, 0.15) is 12.4 Å². The molecule has 1 aliphatic carbocycles. The minimum Gasteiger partial charge on any atom is -0.491 e. The van der Waals surface area contributed by atoms with Gasteiger partial charge in [0.15, 0.2) is 0 Å². The number of carbonyl (C=O) groups excluding carboxylic acids is 1. The summed E-state index contributed by atoms with van der Waals surface area (Å²) < 4.78 is 10.9. The molecule has 1 N–H and O–H groups in total. The van der Waals surface area contributed by atoms with Crippen molar-refractivity contribution < 1.29 is 14.3 Å². The average molecular weight is 436 g/mol. The Balaban J connectivity index is 1.74. The minimum atomic E-state index is -0.632. The maximum Gasteiger partial charge on any atom is 0.235 e. The summed E-state index contributed by atoms with van der Waals surface area (Å²) in [6.45, 7) is 3.68. The summed E-state index contributed by atoms with van der Waals surface area (Å²) in [5.41, 5.74) is 0.964. The zero-order valence-electron chi connectivity index (χ0n) is 16.7. The molecule has 0 atom stereocenters. The average Bonchev–Trinajstić information content (AvgIpc) is 2.73. The molecule has 0 radical (unpaired) electrons. The van der Waals surface area contributed by atoms with Crippen LogP contribution in [0.4, 0.5) is 5.69 Å². The van der Waals surface area contributed by atoms with Crippen LogP contribution < -0.4 is 10.1 Å². The predicted molar refractivity (Wildman–Crippen MR) is 118 cm³/mol. The molecule has 2 aromatic rings. The Hall–Kier alpha value is -1.75. The molecule has 2 aromatic carbocycles. The second-order valence-electron chi connectivity index (χ2n) is 7.29. The molecule has 0 aliphatic heterocycles. The topological polar surface area (TPSA) is 47.6 Å². The fourth-order valence-corrected chi connectivity index (χ4v) is 4.49.